The van der Waals surface area contributed by atoms with Gasteiger partial charge in [-0.25, -0.2) is 4.79 Å². The summed E-state index contributed by atoms with van der Waals surface area (Å²) in [6.45, 7) is 11.1. The molecule has 3 amide bonds. The number of hydrogen-bond donors (Lipinski definition) is 4. The van der Waals surface area contributed by atoms with E-state index in [1.54, 1.807) is 6.07 Å². The predicted octanol–water partition coefficient (Wildman–Crippen LogP) is 4.17. The normalized spacial score (nSPS) is 21.4. The van der Waals surface area contributed by atoms with Crippen LogP contribution in [0.3, 0.4) is 0 Å². The van der Waals surface area contributed by atoms with Crippen molar-refractivity contribution in [2.45, 2.75) is 70.8 Å². The van der Waals surface area contributed by atoms with Gasteiger partial charge in [0.15, 0.2) is 0 Å². The van der Waals surface area contributed by atoms with Crippen molar-refractivity contribution in [2.24, 2.45) is 0 Å². The molecule has 0 radical (unpaired) electrons. The first-order valence-corrected chi connectivity index (χ1v) is 10.7. The molecule has 0 aromatic heterocycles. The first-order valence-electron chi connectivity index (χ1n) is 10.7. The number of urea groups is 1. The molecule has 164 valence electrons. The zero-order chi connectivity index (χ0) is 22.7. The van der Waals surface area contributed by atoms with Crippen LogP contribution in [0.1, 0.15) is 62.8 Å². The maximum absolute atomic E-state index is 11.9. The number of rotatable bonds is 3. The minimum atomic E-state index is -0.750. The molecule has 0 spiro atoms. The van der Waals surface area contributed by atoms with Crippen LogP contribution in [-0.4, -0.2) is 28.2 Å². The van der Waals surface area contributed by atoms with E-state index in [9.17, 15) is 19.8 Å². The van der Waals surface area contributed by atoms with E-state index in [2.05, 4.69) is 50.5 Å². The second kappa shape index (κ2) is 7.01. The maximum Gasteiger partial charge on any atom is 0.322 e. The fourth-order valence-corrected chi connectivity index (χ4v) is 4.84. The van der Waals surface area contributed by atoms with E-state index in [0.717, 1.165) is 24.0 Å². The SMILES string of the molecule is Cc1cc2c(cc1-c1cc(CC3NC(=O)NC3=O)c(O)cc1O)C(C)(C)CCC2(C)C. The van der Waals surface area contributed by atoms with Crippen molar-refractivity contribution >= 4 is 11.9 Å². The third-order valence-corrected chi connectivity index (χ3v) is 6.97. The van der Waals surface area contributed by atoms with Crippen LogP contribution >= 0.6 is 0 Å². The van der Waals surface area contributed by atoms with E-state index in [1.807, 2.05) is 6.92 Å². The number of nitrogens with one attached hydrogen (secondary N) is 2. The van der Waals surface area contributed by atoms with Crippen LogP contribution in [0.2, 0.25) is 0 Å². The number of fused-ring (bicyclic) bond motifs is 1. The highest BCUT2D eigenvalue weighted by molar-refractivity contribution is 6.04. The van der Waals surface area contributed by atoms with E-state index < -0.39 is 18.0 Å². The molecule has 0 saturated carbocycles. The first-order chi connectivity index (χ1) is 14.4. The second-order valence-electron chi connectivity index (χ2n) is 10.2. The van der Waals surface area contributed by atoms with Crippen molar-refractivity contribution in [1.29, 1.82) is 0 Å². The summed E-state index contributed by atoms with van der Waals surface area (Å²) in [4.78, 5) is 23.4. The summed E-state index contributed by atoms with van der Waals surface area (Å²) in [7, 11) is 0. The lowest BCUT2D eigenvalue weighted by Crippen LogP contribution is -2.34. The fourth-order valence-electron chi connectivity index (χ4n) is 4.84. The molecule has 6 nitrogen and oxygen atoms in total. The molecule has 1 saturated heterocycles. The number of imide groups is 1. The molecule has 2 aliphatic rings. The Bertz CT molecular complexity index is 1100. The Kier molecular flexibility index (Phi) is 4.80. The van der Waals surface area contributed by atoms with E-state index in [-0.39, 0.29) is 28.7 Å². The molecule has 1 atom stereocenters. The molecular formula is C25H30N2O4. The Morgan fingerprint density at radius 2 is 1.52 bits per heavy atom. The van der Waals surface area contributed by atoms with Gasteiger partial charge in [-0.15, -0.1) is 0 Å². The minimum absolute atomic E-state index is 0.0166. The summed E-state index contributed by atoms with van der Waals surface area (Å²) >= 11 is 0. The van der Waals surface area contributed by atoms with Crippen LogP contribution in [0.5, 0.6) is 11.5 Å². The van der Waals surface area contributed by atoms with Crippen LogP contribution < -0.4 is 10.6 Å². The Balaban J connectivity index is 1.81. The van der Waals surface area contributed by atoms with Gasteiger partial charge in [-0.05, 0) is 70.5 Å². The van der Waals surface area contributed by atoms with Gasteiger partial charge in [0.1, 0.15) is 17.5 Å². The Morgan fingerprint density at radius 3 is 2.10 bits per heavy atom. The Morgan fingerprint density at radius 1 is 0.903 bits per heavy atom. The number of aromatic hydroxyl groups is 2. The molecule has 31 heavy (non-hydrogen) atoms. The van der Waals surface area contributed by atoms with Crippen molar-refractivity contribution in [3.63, 3.8) is 0 Å². The molecule has 4 N–H and O–H groups in total. The molecule has 4 rings (SSSR count). The molecule has 1 heterocycles. The number of carbonyl (C=O) groups is 2. The van der Waals surface area contributed by atoms with Crippen molar-refractivity contribution in [1.82, 2.24) is 10.6 Å². The van der Waals surface area contributed by atoms with E-state index in [0.29, 0.717) is 11.1 Å². The topological polar surface area (TPSA) is 98.7 Å². The lowest BCUT2D eigenvalue weighted by Gasteiger charge is -2.42. The smallest absolute Gasteiger partial charge is 0.322 e. The molecule has 1 fully saturated rings. The van der Waals surface area contributed by atoms with Crippen molar-refractivity contribution < 1.29 is 19.8 Å². The molecule has 2 aromatic rings. The maximum atomic E-state index is 11.9. The molecule has 0 bridgehead atoms. The molecule has 2 aromatic carbocycles. The van der Waals surface area contributed by atoms with Crippen LogP contribution in [0, 0.1) is 6.92 Å². The summed E-state index contributed by atoms with van der Waals surface area (Å²) < 4.78 is 0. The van der Waals surface area contributed by atoms with E-state index in [1.165, 1.54) is 17.2 Å². The largest absolute Gasteiger partial charge is 0.508 e. The van der Waals surface area contributed by atoms with Crippen molar-refractivity contribution in [3.8, 4) is 22.6 Å². The van der Waals surface area contributed by atoms with E-state index in [4.69, 9.17) is 0 Å². The number of benzene rings is 2. The van der Waals surface area contributed by atoms with Gasteiger partial charge < -0.3 is 15.5 Å². The Hall–Kier alpha value is -3.02. The standard InChI is InChI=1S/C25H30N2O4/c1-13-8-17-18(25(4,5)7-6-24(17,2)3)11-15(13)16-9-14(20(28)12-21(16)29)10-19-22(30)27-23(31)26-19/h8-9,11-12,19,28-29H,6-7,10H2,1-5H3,(H2,26,27,30,31). The fraction of sp³-hybridized carbons (Fsp3) is 0.440. The number of aryl methyl sites for hydroxylation is 1. The molecular weight excluding hydrogens is 392 g/mol. The van der Waals surface area contributed by atoms with E-state index >= 15 is 0 Å². The second-order valence-corrected chi connectivity index (χ2v) is 10.2. The molecule has 1 aliphatic heterocycles. The van der Waals surface area contributed by atoms with Gasteiger partial charge in [0.25, 0.3) is 5.91 Å². The van der Waals surface area contributed by atoms with Crippen LogP contribution in [0.25, 0.3) is 11.1 Å². The lowest BCUT2D eigenvalue weighted by atomic mass is 9.62. The summed E-state index contributed by atoms with van der Waals surface area (Å²) in [6.07, 6.45) is 2.34. The quantitative estimate of drug-likeness (QED) is 0.558. The van der Waals surface area contributed by atoms with Gasteiger partial charge in [0.05, 0.1) is 0 Å². The summed E-state index contributed by atoms with van der Waals surface area (Å²) in [5, 5.41) is 25.8. The monoisotopic (exact) mass is 422 g/mol. The third kappa shape index (κ3) is 3.64. The number of phenolic OH excluding ortho intramolecular Hbond substituents is 2. The summed E-state index contributed by atoms with van der Waals surface area (Å²) in [5.74, 6) is -0.544. The highest BCUT2D eigenvalue weighted by Crippen LogP contribution is 2.48. The number of phenols is 2. The predicted molar refractivity (Wildman–Crippen MR) is 119 cm³/mol. The minimum Gasteiger partial charge on any atom is -0.508 e. The van der Waals surface area contributed by atoms with Crippen LogP contribution in [0.4, 0.5) is 4.79 Å². The summed E-state index contributed by atoms with van der Waals surface area (Å²) in [6, 6.07) is 6.14. The van der Waals surface area contributed by atoms with Gasteiger partial charge >= 0.3 is 6.03 Å². The number of hydrogen-bond acceptors (Lipinski definition) is 4. The van der Waals surface area contributed by atoms with Gasteiger partial charge in [-0.2, -0.15) is 0 Å². The average Bonchev–Trinajstić information content (AvgIpc) is 2.98. The highest BCUT2D eigenvalue weighted by atomic mass is 16.3. The zero-order valence-electron chi connectivity index (χ0n) is 18.7. The van der Waals surface area contributed by atoms with Crippen LogP contribution in [0.15, 0.2) is 24.3 Å². The zero-order valence-corrected chi connectivity index (χ0v) is 18.7. The highest BCUT2D eigenvalue weighted by Gasteiger charge is 2.38. The van der Waals surface area contributed by atoms with Gasteiger partial charge in [-0.3, -0.25) is 10.1 Å². The van der Waals surface area contributed by atoms with Gasteiger partial charge in [-0.1, -0.05) is 33.8 Å². The lowest BCUT2D eigenvalue weighted by molar-refractivity contribution is -0.120. The number of amides is 3. The molecule has 1 aliphatic carbocycles. The average molecular weight is 423 g/mol. The third-order valence-electron chi connectivity index (χ3n) is 6.97. The Labute approximate surface area is 182 Å². The molecule has 6 heteroatoms. The van der Waals surface area contributed by atoms with Gasteiger partial charge in [0, 0.05) is 18.1 Å². The first kappa shape index (κ1) is 21.2. The number of carbonyl (C=O) groups excluding carboxylic acids is 2. The molecule has 1 unspecified atom stereocenters. The van der Waals surface area contributed by atoms with Crippen LogP contribution in [-0.2, 0) is 22.0 Å². The van der Waals surface area contributed by atoms with Gasteiger partial charge in [0.2, 0.25) is 0 Å². The van der Waals surface area contributed by atoms with Crippen molar-refractivity contribution in [2.75, 3.05) is 0 Å². The summed E-state index contributed by atoms with van der Waals surface area (Å²) in [5.41, 5.74) is 5.78. The van der Waals surface area contributed by atoms with Crippen molar-refractivity contribution in [3.05, 3.63) is 46.5 Å².